The van der Waals surface area contributed by atoms with E-state index in [2.05, 4.69) is 0 Å². The summed E-state index contributed by atoms with van der Waals surface area (Å²) in [6.07, 6.45) is 2.45. The summed E-state index contributed by atoms with van der Waals surface area (Å²) in [4.78, 5) is 23.7. The second kappa shape index (κ2) is 5.60. The molecule has 2 heteroatoms. The molecule has 0 aromatic heterocycles. The van der Waals surface area contributed by atoms with Gasteiger partial charge in [0.05, 0.1) is 0 Å². The number of carbonyl (C=O) groups excluding carboxylic acids is 2. The average molecular weight is 226 g/mol. The van der Waals surface area contributed by atoms with E-state index in [4.69, 9.17) is 0 Å². The largest absolute Gasteiger partial charge is 0.299 e. The molecule has 2 nitrogen and oxygen atoms in total. The van der Waals surface area contributed by atoms with Crippen molar-refractivity contribution in [2.24, 2.45) is 10.8 Å². The van der Waals surface area contributed by atoms with Crippen molar-refractivity contribution in [3.8, 4) is 0 Å². The molecule has 0 aliphatic heterocycles. The molecular formula is C14H26O2. The van der Waals surface area contributed by atoms with Crippen LogP contribution in [0.15, 0.2) is 0 Å². The van der Waals surface area contributed by atoms with Crippen LogP contribution in [0.3, 0.4) is 0 Å². The van der Waals surface area contributed by atoms with Gasteiger partial charge >= 0.3 is 0 Å². The molecule has 0 unspecified atom stereocenters. The second-order valence-electron chi connectivity index (χ2n) is 5.82. The van der Waals surface area contributed by atoms with E-state index in [1.165, 1.54) is 0 Å². The highest BCUT2D eigenvalue weighted by Gasteiger charge is 2.29. The Bertz CT molecular complexity index is 234. The van der Waals surface area contributed by atoms with Crippen molar-refractivity contribution in [3.63, 3.8) is 0 Å². The van der Waals surface area contributed by atoms with Crippen LogP contribution < -0.4 is 0 Å². The Morgan fingerprint density at radius 1 is 0.750 bits per heavy atom. The molecular weight excluding hydrogens is 200 g/mol. The minimum Gasteiger partial charge on any atom is -0.299 e. The van der Waals surface area contributed by atoms with Crippen molar-refractivity contribution in [1.29, 1.82) is 0 Å². The molecule has 0 rings (SSSR count). The first-order valence-corrected chi connectivity index (χ1v) is 6.24. The van der Waals surface area contributed by atoms with E-state index in [0.29, 0.717) is 12.8 Å². The summed E-state index contributed by atoms with van der Waals surface area (Å²) in [5.41, 5.74) is -0.562. The predicted octanol–water partition coefficient (Wildman–Crippen LogP) is 3.78. The maximum absolute atomic E-state index is 11.9. The lowest BCUT2D eigenvalue weighted by atomic mass is 9.79. The molecule has 0 amide bonds. The minimum absolute atomic E-state index is 0.204. The number of Topliss-reactive ketones (excluding diaryl/α,β-unsaturated/α-hetero) is 2. The molecule has 0 aromatic rings. The van der Waals surface area contributed by atoms with Crippen LogP contribution in [0.2, 0.25) is 0 Å². The van der Waals surface area contributed by atoms with E-state index in [1.807, 2.05) is 41.5 Å². The molecule has 0 heterocycles. The predicted molar refractivity (Wildman–Crippen MR) is 67.4 cm³/mol. The van der Waals surface area contributed by atoms with E-state index in [9.17, 15) is 9.59 Å². The third-order valence-electron chi connectivity index (χ3n) is 3.86. The Balaban J connectivity index is 4.28. The highest BCUT2D eigenvalue weighted by Crippen LogP contribution is 2.27. The normalized spacial score (nSPS) is 12.6. The van der Waals surface area contributed by atoms with Gasteiger partial charge in [-0.25, -0.2) is 0 Å². The van der Waals surface area contributed by atoms with E-state index in [-0.39, 0.29) is 22.4 Å². The number of carbonyl (C=O) groups is 2. The molecule has 16 heavy (non-hydrogen) atoms. The van der Waals surface area contributed by atoms with Crippen molar-refractivity contribution in [2.45, 2.75) is 67.2 Å². The van der Waals surface area contributed by atoms with E-state index >= 15 is 0 Å². The molecule has 0 atom stereocenters. The van der Waals surface area contributed by atoms with Crippen LogP contribution in [0.4, 0.5) is 0 Å². The lowest BCUT2D eigenvalue weighted by Gasteiger charge is -2.23. The van der Waals surface area contributed by atoms with E-state index in [1.54, 1.807) is 0 Å². The number of hydrogen-bond acceptors (Lipinski definition) is 2. The molecule has 94 valence electrons. The zero-order valence-corrected chi connectivity index (χ0v) is 11.6. The zero-order chi connectivity index (χ0) is 13.0. The Morgan fingerprint density at radius 2 is 1.00 bits per heavy atom. The first-order valence-electron chi connectivity index (χ1n) is 6.24. The van der Waals surface area contributed by atoms with Gasteiger partial charge in [-0.05, 0) is 12.8 Å². The Kier molecular flexibility index (Phi) is 5.37. The van der Waals surface area contributed by atoms with Crippen LogP contribution in [0, 0.1) is 10.8 Å². The fourth-order valence-corrected chi connectivity index (χ4v) is 1.30. The van der Waals surface area contributed by atoms with Crippen LogP contribution in [-0.2, 0) is 9.59 Å². The van der Waals surface area contributed by atoms with Crippen molar-refractivity contribution in [3.05, 3.63) is 0 Å². The van der Waals surface area contributed by atoms with Gasteiger partial charge in [0.2, 0.25) is 0 Å². The number of hydrogen-bond donors (Lipinski definition) is 0. The molecule has 0 saturated carbocycles. The fraction of sp³-hybridized carbons (Fsp3) is 0.857. The number of ketones is 2. The Hall–Kier alpha value is -0.660. The van der Waals surface area contributed by atoms with Gasteiger partial charge in [0.1, 0.15) is 11.6 Å². The zero-order valence-electron chi connectivity index (χ0n) is 11.6. The summed E-state index contributed by atoms with van der Waals surface area (Å²) >= 11 is 0. The quantitative estimate of drug-likeness (QED) is 0.662. The standard InChI is InChI=1S/C14H26O2/c1-7-13(3,4)11(15)9-10-12(16)14(5,6)8-2/h7-10H2,1-6H3. The first kappa shape index (κ1) is 15.3. The Morgan fingerprint density at radius 3 is 1.19 bits per heavy atom. The van der Waals surface area contributed by atoms with Gasteiger partial charge in [0.15, 0.2) is 0 Å². The summed E-state index contributed by atoms with van der Waals surface area (Å²) < 4.78 is 0. The lowest BCUT2D eigenvalue weighted by Crippen LogP contribution is -2.27. The molecule has 0 fully saturated rings. The topological polar surface area (TPSA) is 34.1 Å². The van der Waals surface area contributed by atoms with Crippen LogP contribution in [0.5, 0.6) is 0 Å². The minimum atomic E-state index is -0.281. The van der Waals surface area contributed by atoms with Crippen molar-refractivity contribution < 1.29 is 9.59 Å². The van der Waals surface area contributed by atoms with E-state index < -0.39 is 0 Å². The molecule has 0 spiro atoms. The van der Waals surface area contributed by atoms with Crippen LogP contribution in [0.1, 0.15) is 67.2 Å². The number of rotatable bonds is 7. The average Bonchev–Trinajstić information content (AvgIpc) is 2.24. The summed E-state index contributed by atoms with van der Waals surface area (Å²) in [6, 6.07) is 0. The maximum atomic E-state index is 11.9. The highest BCUT2D eigenvalue weighted by atomic mass is 16.1. The fourth-order valence-electron chi connectivity index (χ4n) is 1.30. The maximum Gasteiger partial charge on any atom is 0.138 e. The van der Waals surface area contributed by atoms with Crippen molar-refractivity contribution >= 4 is 11.6 Å². The first-order chi connectivity index (χ1) is 7.17. The van der Waals surface area contributed by atoms with E-state index in [0.717, 1.165) is 12.8 Å². The SMILES string of the molecule is CCC(C)(C)C(=O)CCC(=O)C(C)(C)CC. The molecule has 0 saturated heterocycles. The van der Waals surface area contributed by atoms with Gasteiger partial charge in [-0.1, -0.05) is 41.5 Å². The van der Waals surface area contributed by atoms with Gasteiger partial charge in [0.25, 0.3) is 0 Å². The highest BCUT2D eigenvalue weighted by molar-refractivity contribution is 5.91. The summed E-state index contributed by atoms with van der Waals surface area (Å²) in [6.45, 7) is 11.8. The molecule has 0 aliphatic carbocycles. The third-order valence-corrected chi connectivity index (χ3v) is 3.86. The summed E-state index contributed by atoms with van der Waals surface area (Å²) in [5, 5.41) is 0. The molecule has 0 radical (unpaired) electrons. The smallest absolute Gasteiger partial charge is 0.138 e. The monoisotopic (exact) mass is 226 g/mol. The molecule has 0 N–H and O–H groups in total. The van der Waals surface area contributed by atoms with Gasteiger partial charge in [-0.2, -0.15) is 0 Å². The summed E-state index contributed by atoms with van der Waals surface area (Å²) in [7, 11) is 0. The van der Waals surface area contributed by atoms with Gasteiger partial charge < -0.3 is 0 Å². The molecule has 0 aromatic carbocycles. The second-order valence-corrected chi connectivity index (χ2v) is 5.82. The lowest BCUT2D eigenvalue weighted by molar-refractivity contribution is -0.132. The van der Waals surface area contributed by atoms with Gasteiger partial charge in [-0.15, -0.1) is 0 Å². The van der Waals surface area contributed by atoms with Crippen molar-refractivity contribution in [1.82, 2.24) is 0 Å². The third kappa shape index (κ3) is 4.07. The molecule has 0 aliphatic rings. The summed E-state index contributed by atoms with van der Waals surface area (Å²) in [5.74, 6) is 0.408. The van der Waals surface area contributed by atoms with Crippen LogP contribution in [0.25, 0.3) is 0 Å². The van der Waals surface area contributed by atoms with Gasteiger partial charge in [-0.3, -0.25) is 9.59 Å². The van der Waals surface area contributed by atoms with Crippen LogP contribution in [-0.4, -0.2) is 11.6 Å². The van der Waals surface area contributed by atoms with Crippen LogP contribution >= 0.6 is 0 Å². The van der Waals surface area contributed by atoms with Gasteiger partial charge in [0, 0.05) is 23.7 Å². The molecule has 0 bridgehead atoms. The Labute approximate surface area is 99.8 Å². The van der Waals surface area contributed by atoms with Crippen molar-refractivity contribution in [2.75, 3.05) is 0 Å².